The number of carbonyl (C=O) groups excluding carboxylic acids is 1. The summed E-state index contributed by atoms with van der Waals surface area (Å²) in [5.74, 6) is 1.40. The second-order valence-corrected chi connectivity index (χ2v) is 5.14. The highest BCUT2D eigenvalue weighted by Gasteiger charge is 2.28. The number of rotatable bonds is 2. The van der Waals surface area contributed by atoms with Crippen LogP contribution in [-0.2, 0) is 0 Å². The monoisotopic (exact) mass is 287 g/mol. The number of halogens is 1. The van der Waals surface area contributed by atoms with Crippen LogP contribution in [0.25, 0.3) is 0 Å². The van der Waals surface area contributed by atoms with Crippen molar-refractivity contribution < 1.29 is 9.21 Å². The average Bonchev–Trinajstić information content (AvgIpc) is 2.67. The molecule has 1 aliphatic rings. The number of piperidine rings is 1. The molecule has 1 aromatic heterocycles. The fourth-order valence-electron chi connectivity index (χ4n) is 2.50. The molecule has 5 nitrogen and oxygen atoms in total. The zero-order valence-electron chi connectivity index (χ0n) is 11.7. The second kappa shape index (κ2) is 6.39. The van der Waals surface area contributed by atoms with Crippen molar-refractivity contribution in [3.63, 3.8) is 0 Å². The smallest absolute Gasteiger partial charge is 0.291 e. The molecular formula is C13H22ClN3O2. The third-order valence-corrected chi connectivity index (χ3v) is 3.67. The van der Waals surface area contributed by atoms with E-state index in [-0.39, 0.29) is 24.4 Å². The van der Waals surface area contributed by atoms with Gasteiger partial charge in [-0.25, -0.2) is 4.98 Å². The van der Waals surface area contributed by atoms with E-state index in [0.29, 0.717) is 23.3 Å². The maximum atomic E-state index is 12.3. The van der Waals surface area contributed by atoms with Crippen LogP contribution in [0.2, 0.25) is 0 Å². The summed E-state index contributed by atoms with van der Waals surface area (Å²) >= 11 is 0. The number of aromatic nitrogens is 1. The van der Waals surface area contributed by atoms with E-state index in [9.17, 15) is 4.79 Å². The number of oxazole rings is 1. The summed E-state index contributed by atoms with van der Waals surface area (Å²) in [6, 6.07) is 0.205. The standard InChI is InChI=1S/C13H21N3O2.ClH/c1-8(14)11-4-6-16(7-5-11)13(17)12-9(2)15-10(3)18-12;/h8,11H,4-7,14H2,1-3H3;1H. The number of aryl methyl sites for hydroxylation is 2. The molecule has 1 saturated heterocycles. The SMILES string of the molecule is Cc1nc(C)c(C(=O)N2CCC(C(C)N)CC2)o1.Cl. The van der Waals surface area contributed by atoms with Crippen LogP contribution in [0, 0.1) is 19.8 Å². The molecule has 0 radical (unpaired) electrons. The summed E-state index contributed by atoms with van der Waals surface area (Å²) in [7, 11) is 0. The van der Waals surface area contributed by atoms with E-state index < -0.39 is 0 Å². The molecule has 2 N–H and O–H groups in total. The molecule has 0 spiro atoms. The molecule has 19 heavy (non-hydrogen) atoms. The Kier molecular flexibility index (Phi) is 5.38. The van der Waals surface area contributed by atoms with Crippen LogP contribution >= 0.6 is 12.4 Å². The highest BCUT2D eigenvalue weighted by molar-refractivity contribution is 5.92. The Morgan fingerprint density at radius 2 is 2.00 bits per heavy atom. The largest absolute Gasteiger partial charge is 0.436 e. The predicted octanol–water partition coefficient (Wildman–Crippen LogP) is 1.91. The molecule has 1 aliphatic heterocycles. The Bertz CT molecular complexity index is 437. The Morgan fingerprint density at radius 1 is 1.42 bits per heavy atom. The molecule has 0 bridgehead atoms. The van der Waals surface area contributed by atoms with E-state index >= 15 is 0 Å². The summed E-state index contributed by atoms with van der Waals surface area (Å²) < 4.78 is 5.38. The highest BCUT2D eigenvalue weighted by atomic mass is 35.5. The van der Waals surface area contributed by atoms with Crippen LogP contribution in [0.5, 0.6) is 0 Å². The molecule has 0 aromatic carbocycles. The normalized spacial score (nSPS) is 18.0. The van der Waals surface area contributed by atoms with E-state index in [1.54, 1.807) is 13.8 Å². The molecule has 1 amide bonds. The number of amides is 1. The minimum absolute atomic E-state index is 0. The molecule has 108 valence electrons. The first-order chi connectivity index (χ1) is 8.49. The van der Waals surface area contributed by atoms with Crippen molar-refractivity contribution in [1.82, 2.24) is 9.88 Å². The first kappa shape index (κ1) is 16.0. The lowest BCUT2D eigenvalue weighted by molar-refractivity contribution is 0.0646. The Morgan fingerprint density at radius 3 is 2.42 bits per heavy atom. The number of hydrogen-bond acceptors (Lipinski definition) is 4. The van der Waals surface area contributed by atoms with Gasteiger partial charge < -0.3 is 15.1 Å². The summed E-state index contributed by atoms with van der Waals surface area (Å²) in [5.41, 5.74) is 6.57. The fraction of sp³-hybridized carbons (Fsp3) is 0.692. The Labute approximate surface area is 120 Å². The molecule has 1 unspecified atom stereocenters. The molecule has 0 aliphatic carbocycles. The van der Waals surface area contributed by atoms with Crippen molar-refractivity contribution >= 4 is 18.3 Å². The van der Waals surface area contributed by atoms with E-state index in [1.807, 2.05) is 11.8 Å². The van der Waals surface area contributed by atoms with Crippen LogP contribution in [0.3, 0.4) is 0 Å². The van der Waals surface area contributed by atoms with Gasteiger partial charge in [0.15, 0.2) is 5.89 Å². The van der Waals surface area contributed by atoms with Crippen LogP contribution in [-0.4, -0.2) is 34.9 Å². The van der Waals surface area contributed by atoms with Gasteiger partial charge in [0.05, 0.1) is 5.69 Å². The third kappa shape index (κ3) is 3.48. The fourth-order valence-corrected chi connectivity index (χ4v) is 2.50. The van der Waals surface area contributed by atoms with Crippen molar-refractivity contribution in [1.29, 1.82) is 0 Å². The van der Waals surface area contributed by atoms with Crippen LogP contribution < -0.4 is 5.73 Å². The van der Waals surface area contributed by atoms with Gasteiger partial charge in [0, 0.05) is 26.1 Å². The van der Waals surface area contributed by atoms with Gasteiger partial charge >= 0.3 is 0 Å². The third-order valence-electron chi connectivity index (χ3n) is 3.67. The van der Waals surface area contributed by atoms with Crippen molar-refractivity contribution in [3.05, 3.63) is 17.3 Å². The van der Waals surface area contributed by atoms with Gasteiger partial charge in [0.25, 0.3) is 5.91 Å². The molecule has 1 atom stereocenters. The molecule has 2 rings (SSSR count). The maximum Gasteiger partial charge on any atom is 0.291 e. The van der Waals surface area contributed by atoms with Crippen molar-refractivity contribution in [2.24, 2.45) is 11.7 Å². The quantitative estimate of drug-likeness (QED) is 0.902. The first-order valence-electron chi connectivity index (χ1n) is 6.48. The minimum atomic E-state index is -0.0452. The number of nitrogens with two attached hydrogens (primary N) is 1. The number of hydrogen-bond donors (Lipinski definition) is 1. The lowest BCUT2D eigenvalue weighted by atomic mass is 9.91. The molecule has 2 heterocycles. The summed E-state index contributed by atoms with van der Waals surface area (Å²) in [4.78, 5) is 18.2. The molecule has 1 aromatic rings. The van der Waals surface area contributed by atoms with Gasteiger partial charge in [-0.2, -0.15) is 0 Å². The molecule has 1 fully saturated rings. The number of carbonyl (C=O) groups is 1. The maximum absolute atomic E-state index is 12.3. The van der Waals surface area contributed by atoms with Gasteiger partial charge in [-0.1, -0.05) is 0 Å². The molecule has 0 saturated carbocycles. The predicted molar refractivity (Wildman–Crippen MR) is 75.5 cm³/mol. The van der Waals surface area contributed by atoms with E-state index in [2.05, 4.69) is 4.98 Å². The minimum Gasteiger partial charge on any atom is -0.436 e. The first-order valence-corrected chi connectivity index (χ1v) is 6.48. The van der Waals surface area contributed by atoms with Gasteiger partial charge in [0.2, 0.25) is 5.76 Å². The lowest BCUT2D eigenvalue weighted by Gasteiger charge is -2.33. The molecule has 6 heteroatoms. The summed E-state index contributed by atoms with van der Waals surface area (Å²) in [5, 5.41) is 0. The van der Waals surface area contributed by atoms with Crippen molar-refractivity contribution in [2.75, 3.05) is 13.1 Å². The Hall–Kier alpha value is -1.07. The lowest BCUT2D eigenvalue weighted by Crippen LogP contribution is -2.42. The molecular weight excluding hydrogens is 266 g/mol. The van der Waals surface area contributed by atoms with Gasteiger partial charge in [-0.15, -0.1) is 12.4 Å². The number of nitrogens with zero attached hydrogens (tertiary/aromatic N) is 2. The van der Waals surface area contributed by atoms with E-state index in [4.69, 9.17) is 10.2 Å². The van der Waals surface area contributed by atoms with Gasteiger partial charge in [-0.3, -0.25) is 4.79 Å². The summed E-state index contributed by atoms with van der Waals surface area (Å²) in [6.07, 6.45) is 1.94. The zero-order valence-corrected chi connectivity index (χ0v) is 12.5. The zero-order chi connectivity index (χ0) is 13.3. The second-order valence-electron chi connectivity index (χ2n) is 5.14. The van der Waals surface area contributed by atoms with Crippen molar-refractivity contribution in [2.45, 2.75) is 39.7 Å². The van der Waals surface area contributed by atoms with Gasteiger partial charge in [-0.05, 0) is 32.6 Å². The number of likely N-dealkylation sites (tertiary alicyclic amines) is 1. The van der Waals surface area contributed by atoms with Crippen molar-refractivity contribution in [3.8, 4) is 0 Å². The van der Waals surface area contributed by atoms with E-state index in [1.165, 1.54) is 0 Å². The Balaban J connectivity index is 0.00000180. The van der Waals surface area contributed by atoms with Crippen LogP contribution in [0.15, 0.2) is 4.42 Å². The average molecular weight is 288 g/mol. The van der Waals surface area contributed by atoms with Gasteiger partial charge in [0.1, 0.15) is 0 Å². The summed E-state index contributed by atoms with van der Waals surface area (Å²) in [6.45, 7) is 7.10. The highest BCUT2D eigenvalue weighted by Crippen LogP contribution is 2.22. The topological polar surface area (TPSA) is 72.4 Å². The van der Waals surface area contributed by atoms with Crippen LogP contribution in [0.4, 0.5) is 0 Å². The van der Waals surface area contributed by atoms with E-state index in [0.717, 1.165) is 25.9 Å². The van der Waals surface area contributed by atoms with Crippen LogP contribution in [0.1, 0.15) is 41.9 Å².